The standard InChI is InChI=1S/C16H19NO3S.C11H13ClO5S.C11H14O3.C2H4O2.3H2O/c1-13-11-15(9-10-16(13)20-3)21(18,19)17(2)12-14-7-5-4-6-8-14;1-7-4-10(18(12,14)15)8(5-9(7)16-2)6-11(13)17-3;1-8-4-5-9(6-10(8)13-2)7-11(12)14-3;1-2-4-3;;;/h4-11H,12H2,1-3H3;4-5H,6H2,1-3H3;4-6H,7H2,1-3H3;2-3H,1H2;3*1H2. The number of methoxy groups -OCH3 is 5. The predicted octanol–water partition coefficient (Wildman–Crippen LogP) is 4.34. The van der Waals surface area contributed by atoms with E-state index in [-0.39, 0.29) is 50.6 Å². The average Bonchev–Trinajstić information content (AvgIpc) is 3.19. The Balaban J connectivity index is -0.000000770. The Labute approximate surface area is 356 Å². The fourth-order valence-corrected chi connectivity index (χ4v) is 7.28. The van der Waals surface area contributed by atoms with Crippen LogP contribution in [0.25, 0.3) is 0 Å². The topological polar surface area (TPSA) is 276 Å². The molecule has 0 spiro atoms. The zero-order valence-electron chi connectivity index (χ0n) is 34.9. The molecule has 0 radical (unpaired) electrons. The highest BCUT2D eigenvalue weighted by atomic mass is 35.7. The van der Waals surface area contributed by atoms with Crippen molar-refractivity contribution < 1.29 is 76.7 Å². The van der Waals surface area contributed by atoms with E-state index < -0.39 is 25.0 Å². The van der Waals surface area contributed by atoms with Gasteiger partial charge in [-0.1, -0.05) is 49.0 Å². The maximum absolute atomic E-state index is 12.6. The first-order chi connectivity index (χ1) is 26.8. The Morgan fingerprint density at radius 3 is 1.65 bits per heavy atom. The van der Waals surface area contributed by atoms with Gasteiger partial charge in [-0.3, -0.25) is 9.59 Å². The van der Waals surface area contributed by atoms with E-state index in [4.69, 9.17) is 30.2 Å². The van der Waals surface area contributed by atoms with Crippen molar-refractivity contribution in [2.75, 3.05) is 42.6 Å². The van der Waals surface area contributed by atoms with Crippen LogP contribution in [-0.2, 0) is 62.4 Å². The molecule has 60 heavy (non-hydrogen) atoms. The summed E-state index contributed by atoms with van der Waals surface area (Å²) in [7, 11) is 6.74. The molecule has 0 aliphatic rings. The maximum Gasteiger partial charge on any atom is 0.310 e. The van der Waals surface area contributed by atoms with E-state index in [2.05, 4.69) is 20.9 Å². The van der Waals surface area contributed by atoms with Gasteiger partial charge in [0.15, 0.2) is 0 Å². The van der Waals surface area contributed by atoms with E-state index in [9.17, 15) is 26.4 Å². The molecule has 0 heterocycles. The fraction of sp³-hybridized carbons (Fsp3) is 0.300. The van der Waals surface area contributed by atoms with E-state index in [0.29, 0.717) is 23.6 Å². The number of rotatable bonds is 13. The van der Waals surface area contributed by atoms with Gasteiger partial charge in [0.05, 0.1) is 58.2 Å². The van der Waals surface area contributed by atoms with Crippen molar-refractivity contribution in [3.05, 3.63) is 125 Å². The monoisotopic (exact) mass is 905 g/mol. The van der Waals surface area contributed by atoms with Gasteiger partial charge in [-0.2, -0.15) is 4.31 Å². The number of carbonyl (C=O) groups excluding carboxylic acids is 2. The van der Waals surface area contributed by atoms with Crippen LogP contribution in [-0.4, -0.2) is 97.4 Å². The predicted molar refractivity (Wildman–Crippen MR) is 228 cm³/mol. The number of nitrogens with zero attached hydrogens (tertiary/aromatic N) is 1. The minimum absolute atomic E-state index is 0. The molecule has 0 aliphatic heterocycles. The highest BCUT2D eigenvalue weighted by Gasteiger charge is 2.22. The van der Waals surface area contributed by atoms with Crippen LogP contribution in [0.1, 0.15) is 33.4 Å². The van der Waals surface area contributed by atoms with Crippen molar-refractivity contribution in [1.29, 1.82) is 0 Å². The molecule has 0 aromatic heterocycles. The van der Waals surface area contributed by atoms with Crippen molar-refractivity contribution in [1.82, 2.24) is 4.31 Å². The molecular formula is C40H56ClNO16S2. The molecular weight excluding hydrogens is 850 g/mol. The normalized spacial score (nSPS) is 10.0. The average molecular weight is 906 g/mol. The number of hydrogen-bond acceptors (Lipinski definition) is 13. The Morgan fingerprint density at radius 2 is 1.18 bits per heavy atom. The van der Waals surface area contributed by atoms with Crippen LogP contribution in [0.5, 0.6) is 17.2 Å². The van der Waals surface area contributed by atoms with Gasteiger partial charge in [0.2, 0.25) is 10.0 Å². The number of carbonyl (C=O) groups is 2. The smallest absolute Gasteiger partial charge is 0.310 e. The van der Waals surface area contributed by atoms with Crippen LogP contribution >= 0.6 is 10.7 Å². The summed E-state index contributed by atoms with van der Waals surface area (Å²) in [5, 5.41) is 7.26. The summed E-state index contributed by atoms with van der Waals surface area (Å²) < 4.78 is 73.9. The van der Waals surface area contributed by atoms with Gasteiger partial charge in [0, 0.05) is 24.3 Å². The number of sulfonamides is 1. The van der Waals surface area contributed by atoms with Crippen LogP contribution < -0.4 is 14.2 Å². The number of hydrogen-bond donors (Lipinski definition) is 1. The van der Waals surface area contributed by atoms with E-state index >= 15 is 0 Å². The first-order valence-corrected chi connectivity index (χ1v) is 20.5. The summed E-state index contributed by atoms with van der Waals surface area (Å²) in [4.78, 5) is 25.7. The van der Waals surface area contributed by atoms with Crippen molar-refractivity contribution in [3.8, 4) is 17.2 Å². The van der Waals surface area contributed by atoms with E-state index in [1.54, 1.807) is 46.4 Å². The van der Waals surface area contributed by atoms with Crippen molar-refractivity contribution >= 4 is 41.7 Å². The lowest BCUT2D eigenvalue weighted by atomic mass is 10.1. The van der Waals surface area contributed by atoms with E-state index in [1.807, 2.05) is 62.4 Å². The lowest BCUT2D eigenvalue weighted by Gasteiger charge is -2.18. The third-order valence-electron chi connectivity index (χ3n) is 7.85. The summed E-state index contributed by atoms with van der Waals surface area (Å²) in [5.41, 5.74) is 4.57. The van der Waals surface area contributed by atoms with Gasteiger partial charge in [0.25, 0.3) is 9.05 Å². The first kappa shape index (κ1) is 59.1. The molecule has 4 aromatic rings. The van der Waals surface area contributed by atoms with Crippen LogP contribution in [0.4, 0.5) is 0 Å². The van der Waals surface area contributed by atoms with E-state index in [1.165, 1.54) is 37.8 Å². The molecule has 0 saturated heterocycles. The first-order valence-electron chi connectivity index (χ1n) is 16.8. The summed E-state index contributed by atoms with van der Waals surface area (Å²) in [6, 6.07) is 22.9. The number of aryl methyl sites for hydroxylation is 3. The van der Waals surface area contributed by atoms with Gasteiger partial charge in [-0.05, 0) is 90.6 Å². The molecule has 0 aliphatic carbocycles. The van der Waals surface area contributed by atoms with E-state index in [0.717, 1.165) is 34.3 Å². The van der Waals surface area contributed by atoms with Gasteiger partial charge in [0.1, 0.15) is 23.5 Å². The van der Waals surface area contributed by atoms with Crippen molar-refractivity contribution in [2.24, 2.45) is 0 Å². The number of ether oxygens (including phenoxy) is 5. The number of benzene rings is 4. The Morgan fingerprint density at radius 1 is 0.683 bits per heavy atom. The summed E-state index contributed by atoms with van der Waals surface area (Å²) in [5.74, 6) is 1.17. The highest BCUT2D eigenvalue weighted by molar-refractivity contribution is 8.13. The van der Waals surface area contributed by atoms with Crippen molar-refractivity contribution in [2.45, 2.75) is 49.9 Å². The fourth-order valence-electron chi connectivity index (χ4n) is 4.85. The maximum atomic E-state index is 12.6. The molecule has 7 N–H and O–H groups in total. The summed E-state index contributed by atoms with van der Waals surface area (Å²) in [6.45, 7) is 8.82. The molecule has 0 saturated carbocycles. The molecule has 0 bridgehead atoms. The molecule has 4 rings (SSSR count). The second kappa shape index (κ2) is 29.1. The Hall–Kier alpha value is -5.25. The van der Waals surface area contributed by atoms with Crippen LogP contribution in [0.3, 0.4) is 0 Å². The zero-order valence-corrected chi connectivity index (χ0v) is 37.3. The molecule has 4 aromatic carbocycles. The quantitative estimate of drug-likeness (QED) is 0.0644. The molecule has 17 nitrogen and oxygen atoms in total. The molecule has 0 atom stereocenters. The third kappa shape index (κ3) is 19.2. The Kier molecular flexibility index (Phi) is 28.6. The minimum Gasteiger partial charge on any atom is -0.496 e. The van der Waals surface area contributed by atoms with Gasteiger partial charge in [-0.15, -0.1) is 0 Å². The highest BCUT2D eigenvalue weighted by Crippen LogP contribution is 2.29. The number of esters is 2. The van der Waals surface area contributed by atoms with Crippen LogP contribution in [0, 0.1) is 20.8 Å². The second-order valence-corrected chi connectivity index (χ2v) is 16.4. The third-order valence-corrected chi connectivity index (χ3v) is 11.1. The molecule has 20 heteroatoms. The molecule has 0 amide bonds. The molecule has 0 fully saturated rings. The largest absolute Gasteiger partial charge is 0.496 e. The zero-order chi connectivity index (χ0) is 43.3. The van der Waals surface area contributed by atoms with Gasteiger partial charge < -0.3 is 45.0 Å². The van der Waals surface area contributed by atoms with Crippen LogP contribution in [0.15, 0.2) is 101 Å². The van der Waals surface area contributed by atoms with Crippen LogP contribution in [0.2, 0.25) is 0 Å². The lowest BCUT2D eigenvalue weighted by molar-refractivity contribution is -0.186. The SMILES string of the molecule is C=COO.COC(=O)Cc1cc(OC)c(C)cc1S(=O)(=O)Cl.COC(=O)Cc1ccc(C)c(OC)c1.COc1ccc(S(=O)(=O)N(C)Cc2ccccc2)cc1C.O.O.O. The molecule has 0 unspecified atom stereocenters. The summed E-state index contributed by atoms with van der Waals surface area (Å²) >= 11 is 0. The molecule has 336 valence electrons. The lowest BCUT2D eigenvalue weighted by Crippen LogP contribution is -2.26. The Bertz CT molecular complexity index is 2150. The second-order valence-electron chi connectivity index (χ2n) is 11.8. The van der Waals surface area contributed by atoms with Gasteiger partial charge in [-0.25, -0.2) is 22.1 Å². The van der Waals surface area contributed by atoms with Gasteiger partial charge >= 0.3 is 11.9 Å². The number of halogens is 1. The summed E-state index contributed by atoms with van der Waals surface area (Å²) in [6.07, 6.45) is 1.03. The van der Waals surface area contributed by atoms with Crippen molar-refractivity contribution in [3.63, 3.8) is 0 Å². The minimum atomic E-state index is -3.93.